The van der Waals surface area contributed by atoms with E-state index in [4.69, 9.17) is 0 Å². The molecule has 1 aliphatic carbocycles. The van der Waals surface area contributed by atoms with Gasteiger partial charge in [0.2, 0.25) is 0 Å². The number of thiophene rings is 1. The first-order valence-electron chi connectivity index (χ1n) is 8.92. The van der Waals surface area contributed by atoms with E-state index in [1.165, 1.54) is 23.3 Å². The number of hydrogen-bond donors (Lipinski definition) is 1. The maximum atomic E-state index is 12.5. The Morgan fingerprint density at radius 3 is 2.78 bits per heavy atom. The Hall–Kier alpha value is -0.910. The summed E-state index contributed by atoms with van der Waals surface area (Å²) >= 11 is 1.77. The average molecular weight is 336 g/mol. The second-order valence-electron chi connectivity index (χ2n) is 7.18. The van der Waals surface area contributed by atoms with Gasteiger partial charge in [0.05, 0.1) is 5.56 Å². The lowest BCUT2D eigenvalue weighted by atomic mass is 9.95. The Labute approximate surface area is 143 Å². The summed E-state index contributed by atoms with van der Waals surface area (Å²) in [6, 6.07) is 0. The predicted molar refractivity (Wildman–Crippen MR) is 96.4 cm³/mol. The standard InChI is InChI=1S/C18H29N3OS/c1-14(12-21-9-7-20(2)8-10-21)11-19-18(22)16-13-23-17-6-4-3-5-15(16)17/h13-14H,3-12H2,1-2H3,(H,19,22). The van der Waals surface area contributed by atoms with Crippen LogP contribution in [0.1, 0.15) is 40.6 Å². The molecule has 5 heteroatoms. The summed E-state index contributed by atoms with van der Waals surface area (Å²) in [6.45, 7) is 8.69. The number of likely N-dealkylation sites (N-methyl/N-ethyl adjacent to an activating group) is 1. The second-order valence-corrected chi connectivity index (χ2v) is 8.14. The molecule has 1 aromatic rings. The van der Waals surface area contributed by atoms with Gasteiger partial charge in [-0.2, -0.15) is 0 Å². The van der Waals surface area contributed by atoms with E-state index in [2.05, 4.69) is 34.5 Å². The lowest BCUT2D eigenvalue weighted by Crippen LogP contribution is -2.46. The van der Waals surface area contributed by atoms with Crippen molar-refractivity contribution < 1.29 is 4.79 Å². The molecule has 1 unspecified atom stereocenters. The Morgan fingerprint density at radius 2 is 2.00 bits per heavy atom. The summed E-state index contributed by atoms with van der Waals surface area (Å²) in [6.07, 6.45) is 4.74. The third kappa shape index (κ3) is 4.34. The molecule has 1 fully saturated rings. The number of piperazine rings is 1. The summed E-state index contributed by atoms with van der Waals surface area (Å²) in [5.74, 6) is 0.631. The number of carbonyl (C=O) groups is 1. The van der Waals surface area contributed by atoms with Crippen LogP contribution < -0.4 is 5.32 Å². The molecule has 23 heavy (non-hydrogen) atoms. The van der Waals surface area contributed by atoms with Gasteiger partial charge in [-0.1, -0.05) is 6.92 Å². The molecule has 4 nitrogen and oxygen atoms in total. The zero-order valence-electron chi connectivity index (χ0n) is 14.4. The van der Waals surface area contributed by atoms with Gasteiger partial charge in [0.1, 0.15) is 0 Å². The molecule has 1 saturated heterocycles. The van der Waals surface area contributed by atoms with Crippen LogP contribution >= 0.6 is 11.3 Å². The highest BCUT2D eigenvalue weighted by Crippen LogP contribution is 2.30. The molecule has 0 radical (unpaired) electrons. The summed E-state index contributed by atoms with van der Waals surface area (Å²) in [4.78, 5) is 18.8. The molecule has 1 N–H and O–H groups in total. The molecule has 2 heterocycles. The van der Waals surface area contributed by atoms with E-state index in [0.717, 1.165) is 57.7 Å². The molecule has 1 aromatic heterocycles. The van der Waals surface area contributed by atoms with Crippen LogP contribution in [0.2, 0.25) is 0 Å². The third-order valence-corrected chi connectivity index (χ3v) is 6.17. The SMILES string of the molecule is CC(CNC(=O)c1csc2c1CCCC2)CN1CCN(C)CC1. The topological polar surface area (TPSA) is 35.6 Å². The van der Waals surface area contributed by atoms with Crippen LogP contribution in [0.25, 0.3) is 0 Å². The molecule has 0 spiro atoms. The molecule has 0 saturated carbocycles. The number of amides is 1. The largest absolute Gasteiger partial charge is 0.352 e. The number of nitrogens with zero attached hydrogens (tertiary/aromatic N) is 2. The van der Waals surface area contributed by atoms with Crippen molar-refractivity contribution in [3.8, 4) is 0 Å². The number of carbonyl (C=O) groups excluding carboxylic acids is 1. The maximum absolute atomic E-state index is 12.5. The first kappa shape index (κ1) is 16.9. The van der Waals surface area contributed by atoms with Crippen molar-refractivity contribution in [3.05, 3.63) is 21.4 Å². The highest BCUT2D eigenvalue weighted by Gasteiger charge is 2.21. The lowest BCUT2D eigenvalue weighted by Gasteiger charge is -2.33. The fourth-order valence-electron chi connectivity index (χ4n) is 3.58. The summed E-state index contributed by atoms with van der Waals surface area (Å²) in [7, 11) is 2.18. The van der Waals surface area contributed by atoms with Crippen LogP contribution in [0.15, 0.2) is 5.38 Å². The second kappa shape index (κ2) is 7.77. The smallest absolute Gasteiger partial charge is 0.252 e. The molecule has 1 amide bonds. The highest BCUT2D eigenvalue weighted by atomic mass is 32.1. The zero-order valence-corrected chi connectivity index (χ0v) is 15.3. The van der Waals surface area contributed by atoms with Gasteiger partial charge < -0.3 is 15.1 Å². The van der Waals surface area contributed by atoms with Gasteiger partial charge in [0, 0.05) is 49.5 Å². The van der Waals surface area contributed by atoms with Crippen molar-refractivity contribution >= 4 is 17.2 Å². The van der Waals surface area contributed by atoms with Gasteiger partial charge >= 0.3 is 0 Å². The Bertz CT molecular complexity index is 534. The van der Waals surface area contributed by atoms with Gasteiger partial charge in [0.25, 0.3) is 5.91 Å². The summed E-state index contributed by atoms with van der Waals surface area (Å²) in [5.41, 5.74) is 2.27. The normalized spacial score (nSPS) is 21.0. The maximum Gasteiger partial charge on any atom is 0.252 e. The summed E-state index contributed by atoms with van der Waals surface area (Å²) in [5, 5.41) is 5.23. The van der Waals surface area contributed by atoms with Gasteiger partial charge in [-0.25, -0.2) is 0 Å². The van der Waals surface area contributed by atoms with Crippen LogP contribution in [0.5, 0.6) is 0 Å². The van der Waals surface area contributed by atoms with Crippen molar-refractivity contribution in [1.29, 1.82) is 0 Å². The van der Waals surface area contributed by atoms with Crippen molar-refractivity contribution in [2.75, 3.05) is 46.3 Å². The highest BCUT2D eigenvalue weighted by molar-refractivity contribution is 7.10. The average Bonchev–Trinajstić information content (AvgIpc) is 2.99. The number of hydrogen-bond acceptors (Lipinski definition) is 4. The molecular weight excluding hydrogens is 306 g/mol. The fraction of sp³-hybridized carbons (Fsp3) is 0.722. The van der Waals surface area contributed by atoms with Gasteiger partial charge in [-0.3, -0.25) is 4.79 Å². The molecule has 2 aliphatic rings. The minimum Gasteiger partial charge on any atom is -0.352 e. The molecule has 1 aliphatic heterocycles. The van der Waals surface area contributed by atoms with Gasteiger partial charge in [-0.15, -0.1) is 11.3 Å². The zero-order chi connectivity index (χ0) is 16.2. The van der Waals surface area contributed by atoms with Gasteiger partial charge in [-0.05, 0) is 44.2 Å². The van der Waals surface area contributed by atoms with E-state index in [-0.39, 0.29) is 5.91 Å². The molecule has 1 atom stereocenters. The molecular formula is C18H29N3OS. The van der Waals surface area contributed by atoms with E-state index in [9.17, 15) is 4.79 Å². The minimum atomic E-state index is 0.134. The van der Waals surface area contributed by atoms with Gasteiger partial charge in [0.15, 0.2) is 0 Å². The number of aryl methyl sites for hydroxylation is 1. The summed E-state index contributed by atoms with van der Waals surface area (Å²) < 4.78 is 0. The molecule has 3 rings (SSSR count). The fourth-order valence-corrected chi connectivity index (χ4v) is 4.71. The first-order valence-corrected chi connectivity index (χ1v) is 9.80. The minimum absolute atomic E-state index is 0.134. The van der Waals surface area contributed by atoms with E-state index >= 15 is 0 Å². The predicted octanol–water partition coefficient (Wildman–Crippen LogP) is 2.24. The first-order chi connectivity index (χ1) is 11.1. The quantitative estimate of drug-likeness (QED) is 0.896. The number of nitrogens with one attached hydrogen (secondary N) is 1. The molecule has 0 aromatic carbocycles. The Kier molecular flexibility index (Phi) is 5.72. The van der Waals surface area contributed by atoms with E-state index in [0.29, 0.717) is 5.92 Å². The monoisotopic (exact) mass is 335 g/mol. The van der Waals surface area contributed by atoms with E-state index in [1.54, 1.807) is 11.3 Å². The Morgan fingerprint density at radius 1 is 1.26 bits per heavy atom. The van der Waals surface area contributed by atoms with Crippen LogP contribution in [-0.4, -0.2) is 62.0 Å². The van der Waals surface area contributed by atoms with Crippen LogP contribution in [0, 0.1) is 5.92 Å². The third-order valence-electron chi connectivity index (χ3n) is 5.08. The van der Waals surface area contributed by atoms with Crippen molar-refractivity contribution in [3.63, 3.8) is 0 Å². The lowest BCUT2D eigenvalue weighted by molar-refractivity contribution is 0.0937. The molecule has 128 valence electrons. The van der Waals surface area contributed by atoms with Crippen LogP contribution in [0.3, 0.4) is 0 Å². The number of fused-ring (bicyclic) bond motifs is 1. The Balaban J connectivity index is 1.46. The van der Waals surface area contributed by atoms with E-state index < -0.39 is 0 Å². The number of rotatable bonds is 5. The van der Waals surface area contributed by atoms with E-state index in [1.807, 2.05) is 0 Å². The van der Waals surface area contributed by atoms with Crippen LogP contribution in [0.4, 0.5) is 0 Å². The van der Waals surface area contributed by atoms with Crippen LogP contribution in [-0.2, 0) is 12.8 Å². The van der Waals surface area contributed by atoms with Crippen molar-refractivity contribution in [2.24, 2.45) is 5.92 Å². The van der Waals surface area contributed by atoms with Crippen molar-refractivity contribution in [2.45, 2.75) is 32.6 Å². The van der Waals surface area contributed by atoms with Crippen molar-refractivity contribution in [1.82, 2.24) is 15.1 Å². The molecule has 0 bridgehead atoms.